The van der Waals surface area contributed by atoms with Crippen molar-refractivity contribution in [3.63, 3.8) is 0 Å². The Labute approximate surface area is 108 Å². The molecule has 0 aliphatic carbocycles. The number of hydrogen-bond donors (Lipinski definition) is 2. The van der Waals surface area contributed by atoms with E-state index >= 15 is 0 Å². The fourth-order valence-corrected chi connectivity index (χ4v) is 2.09. The number of nitrogens with two attached hydrogens (primary N) is 1. The quantitative estimate of drug-likeness (QED) is 0.851. The third-order valence-electron chi connectivity index (χ3n) is 3.61. The number of rotatable bonds is 5. The van der Waals surface area contributed by atoms with Gasteiger partial charge in [0.25, 0.3) is 0 Å². The SMILES string of the molecule is CCC(CN)CNc1ccc2c(c1)nc(C)n2C. The van der Waals surface area contributed by atoms with Gasteiger partial charge >= 0.3 is 0 Å². The van der Waals surface area contributed by atoms with Crippen molar-refractivity contribution in [2.24, 2.45) is 18.7 Å². The highest BCUT2D eigenvalue weighted by Gasteiger charge is 2.06. The third kappa shape index (κ3) is 2.48. The Balaban J connectivity index is 2.15. The topological polar surface area (TPSA) is 55.9 Å². The zero-order valence-electron chi connectivity index (χ0n) is 11.4. The van der Waals surface area contributed by atoms with Gasteiger partial charge in [0.2, 0.25) is 0 Å². The van der Waals surface area contributed by atoms with Gasteiger partial charge in [0.15, 0.2) is 0 Å². The molecule has 18 heavy (non-hydrogen) atoms. The van der Waals surface area contributed by atoms with Crippen LogP contribution in [0.3, 0.4) is 0 Å². The second kappa shape index (κ2) is 5.40. The van der Waals surface area contributed by atoms with Crippen LogP contribution in [0.1, 0.15) is 19.2 Å². The highest BCUT2D eigenvalue weighted by molar-refractivity contribution is 5.80. The van der Waals surface area contributed by atoms with E-state index in [1.54, 1.807) is 0 Å². The summed E-state index contributed by atoms with van der Waals surface area (Å²) in [6.45, 7) is 5.85. The van der Waals surface area contributed by atoms with Crippen LogP contribution in [-0.4, -0.2) is 22.6 Å². The minimum atomic E-state index is 0.533. The molecule has 1 aromatic heterocycles. The van der Waals surface area contributed by atoms with Crippen LogP contribution in [0.15, 0.2) is 18.2 Å². The van der Waals surface area contributed by atoms with Crippen molar-refractivity contribution < 1.29 is 0 Å². The predicted molar refractivity (Wildman–Crippen MR) is 76.8 cm³/mol. The molecule has 0 aliphatic rings. The van der Waals surface area contributed by atoms with Crippen molar-refractivity contribution in [1.82, 2.24) is 9.55 Å². The Kier molecular flexibility index (Phi) is 3.87. The van der Waals surface area contributed by atoms with E-state index < -0.39 is 0 Å². The van der Waals surface area contributed by atoms with Gasteiger partial charge in [-0.2, -0.15) is 0 Å². The smallest absolute Gasteiger partial charge is 0.106 e. The summed E-state index contributed by atoms with van der Waals surface area (Å²) in [5.74, 6) is 1.57. The molecule has 2 aromatic rings. The van der Waals surface area contributed by atoms with Crippen LogP contribution in [0.25, 0.3) is 11.0 Å². The summed E-state index contributed by atoms with van der Waals surface area (Å²) in [5.41, 5.74) is 9.04. The van der Waals surface area contributed by atoms with Crippen molar-refractivity contribution in [2.45, 2.75) is 20.3 Å². The fourth-order valence-electron chi connectivity index (χ4n) is 2.09. The number of hydrogen-bond acceptors (Lipinski definition) is 3. The summed E-state index contributed by atoms with van der Waals surface area (Å²) in [6, 6.07) is 6.32. The molecule has 1 unspecified atom stereocenters. The monoisotopic (exact) mass is 246 g/mol. The van der Waals surface area contributed by atoms with Crippen LogP contribution in [0.5, 0.6) is 0 Å². The van der Waals surface area contributed by atoms with E-state index in [2.05, 4.69) is 40.0 Å². The minimum Gasteiger partial charge on any atom is -0.385 e. The van der Waals surface area contributed by atoms with Gasteiger partial charge < -0.3 is 15.6 Å². The number of fused-ring (bicyclic) bond motifs is 1. The molecular weight excluding hydrogens is 224 g/mol. The Morgan fingerprint density at radius 2 is 2.22 bits per heavy atom. The molecule has 0 saturated heterocycles. The van der Waals surface area contributed by atoms with Gasteiger partial charge in [-0.25, -0.2) is 4.98 Å². The number of nitrogens with one attached hydrogen (secondary N) is 1. The number of aromatic nitrogens is 2. The fraction of sp³-hybridized carbons (Fsp3) is 0.500. The average molecular weight is 246 g/mol. The molecule has 3 N–H and O–H groups in total. The zero-order chi connectivity index (χ0) is 13.1. The number of anilines is 1. The van der Waals surface area contributed by atoms with Gasteiger partial charge in [0.05, 0.1) is 11.0 Å². The average Bonchev–Trinajstić information content (AvgIpc) is 2.66. The molecule has 1 atom stereocenters. The maximum Gasteiger partial charge on any atom is 0.106 e. The normalized spacial score (nSPS) is 12.9. The summed E-state index contributed by atoms with van der Waals surface area (Å²) >= 11 is 0. The molecule has 0 aliphatic heterocycles. The molecule has 0 bridgehead atoms. The minimum absolute atomic E-state index is 0.533. The molecule has 0 saturated carbocycles. The molecule has 1 aromatic carbocycles. The number of benzene rings is 1. The lowest BCUT2D eigenvalue weighted by atomic mass is 10.1. The van der Waals surface area contributed by atoms with E-state index in [4.69, 9.17) is 5.73 Å². The summed E-state index contributed by atoms with van der Waals surface area (Å²) < 4.78 is 2.11. The summed E-state index contributed by atoms with van der Waals surface area (Å²) in [7, 11) is 2.04. The first-order valence-corrected chi connectivity index (χ1v) is 6.52. The molecular formula is C14H22N4. The van der Waals surface area contributed by atoms with Gasteiger partial charge in [0, 0.05) is 19.3 Å². The van der Waals surface area contributed by atoms with Crippen molar-refractivity contribution in [1.29, 1.82) is 0 Å². The van der Waals surface area contributed by atoms with Gasteiger partial charge in [0.1, 0.15) is 5.82 Å². The second-order valence-electron chi connectivity index (χ2n) is 4.81. The van der Waals surface area contributed by atoms with Crippen molar-refractivity contribution >= 4 is 16.7 Å². The largest absolute Gasteiger partial charge is 0.385 e. The van der Waals surface area contributed by atoms with Crippen LogP contribution in [0.2, 0.25) is 0 Å². The first-order valence-electron chi connectivity index (χ1n) is 6.52. The Morgan fingerprint density at radius 1 is 1.44 bits per heavy atom. The van der Waals surface area contributed by atoms with Crippen LogP contribution >= 0.6 is 0 Å². The Bertz CT molecular complexity index is 526. The highest BCUT2D eigenvalue weighted by Crippen LogP contribution is 2.19. The third-order valence-corrected chi connectivity index (χ3v) is 3.61. The maximum atomic E-state index is 5.71. The first-order chi connectivity index (χ1) is 8.65. The van der Waals surface area contributed by atoms with E-state index in [0.717, 1.165) is 36.5 Å². The van der Waals surface area contributed by atoms with Gasteiger partial charge in [-0.1, -0.05) is 13.3 Å². The van der Waals surface area contributed by atoms with E-state index in [1.807, 2.05) is 14.0 Å². The molecule has 4 nitrogen and oxygen atoms in total. The Hall–Kier alpha value is -1.55. The summed E-state index contributed by atoms with van der Waals surface area (Å²) in [4.78, 5) is 4.54. The molecule has 0 amide bonds. The van der Waals surface area contributed by atoms with Crippen molar-refractivity contribution in [3.8, 4) is 0 Å². The van der Waals surface area contributed by atoms with E-state index in [9.17, 15) is 0 Å². The van der Waals surface area contributed by atoms with Crippen molar-refractivity contribution in [3.05, 3.63) is 24.0 Å². The van der Waals surface area contributed by atoms with Gasteiger partial charge in [-0.05, 0) is 37.6 Å². The number of nitrogens with zero attached hydrogens (tertiary/aromatic N) is 2. The number of imidazole rings is 1. The molecule has 98 valence electrons. The molecule has 4 heteroatoms. The van der Waals surface area contributed by atoms with Crippen LogP contribution in [-0.2, 0) is 7.05 Å². The highest BCUT2D eigenvalue weighted by atomic mass is 15.0. The summed E-state index contributed by atoms with van der Waals surface area (Å²) in [6.07, 6.45) is 1.11. The molecule has 1 heterocycles. The zero-order valence-corrected chi connectivity index (χ0v) is 11.4. The molecule has 0 spiro atoms. The standard InChI is InChI=1S/C14H22N4/c1-4-11(8-15)9-16-12-5-6-14-13(7-12)17-10(2)18(14)3/h5-7,11,16H,4,8-9,15H2,1-3H3. The number of aryl methyl sites for hydroxylation is 2. The Morgan fingerprint density at radius 3 is 2.89 bits per heavy atom. The lowest BCUT2D eigenvalue weighted by Gasteiger charge is -2.14. The van der Waals surface area contributed by atoms with Crippen molar-refractivity contribution in [2.75, 3.05) is 18.4 Å². The van der Waals surface area contributed by atoms with E-state index in [-0.39, 0.29) is 0 Å². The van der Waals surface area contributed by atoms with Gasteiger partial charge in [-0.3, -0.25) is 0 Å². The first kappa shape index (κ1) is 12.9. The lowest BCUT2D eigenvalue weighted by molar-refractivity contribution is 0.548. The van der Waals surface area contributed by atoms with Gasteiger partial charge in [-0.15, -0.1) is 0 Å². The molecule has 0 radical (unpaired) electrons. The lowest BCUT2D eigenvalue weighted by Crippen LogP contribution is -2.21. The van der Waals surface area contributed by atoms with Crippen LogP contribution < -0.4 is 11.1 Å². The van der Waals surface area contributed by atoms with E-state index in [0.29, 0.717) is 5.92 Å². The van der Waals surface area contributed by atoms with Crippen LogP contribution in [0.4, 0.5) is 5.69 Å². The predicted octanol–water partition coefficient (Wildman–Crippen LogP) is 2.28. The summed E-state index contributed by atoms with van der Waals surface area (Å²) in [5, 5.41) is 3.44. The second-order valence-corrected chi connectivity index (χ2v) is 4.81. The van der Waals surface area contributed by atoms with E-state index in [1.165, 1.54) is 5.52 Å². The molecule has 0 fully saturated rings. The van der Waals surface area contributed by atoms with Crippen LogP contribution in [0, 0.1) is 12.8 Å². The molecule has 2 rings (SSSR count). The maximum absolute atomic E-state index is 5.71.